The topological polar surface area (TPSA) is 49.4 Å². The number of amides is 2. The van der Waals surface area contributed by atoms with Crippen molar-refractivity contribution in [1.82, 2.24) is 10.2 Å². The average Bonchev–Trinajstić information content (AvgIpc) is 2.20. The largest absolute Gasteiger partial charge is 0.345 e. The highest BCUT2D eigenvalue weighted by atomic mass is 16.2. The number of nitrogens with zero attached hydrogens (tertiary/aromatic N) is 1. The number of nitrogens with one attached hydrogen (secondary N) is 1. The molecule has 1 saturated carbocycles. The van der Waals surface area contributed by atoms with E-state index >= 15 is 0 Å². The molecule has 2 fully saturated rings. The Bertz CT molecular complexity index is 334. The Hall–Kier alpha value is -1.06. The first-order valence-corrected chi connectivity index (χ1v) is 6.50. The van der Waals surface area contributed by atoms with Gasteiger partial charge in [-0.05, 0) is 24.2 Å². The molecule has 1 heterocycles. The van der Waals surface area contributed by atoms with Crippen LogP contribution in [0.1, 0.15) is 40.0 Å². The number of piperazine rings is 1. The molecule has 1 aliphatic carbocycles. The van der Waals surface area contributed by atoms with Gasteiger partial charge in [0.2, 0.25) is 11.8 Å². The van der Waals surface area contributed by atoms with Gasteiger partial charge in [-0.1, -0.05) is 27.2 Å². The Labute approximate surface area is 103 Å². The highest BCUT2D eigenvalue weighted by Crippen LogP contribution is 2.41. The minimum atomic E-state index is -0.284. The normalized spacial score (nSPS) is 28.0. The van der Waals surface area contributed by atoms with E-state index in [-0.39, 0.29) is 35.7 Å². The van der Waals surface area contributed by atoms with E-state index in [1.807, 2.05) is 18.7 Å². The summed E-state index contributed by atoms with van der Waals surface area (Å²) >= 11 is 0. The fourth-order valence-electron chi connectivity index (χ4n) is 2.86. The van der Waals surface area contributed by atoms with Crippen molar-refractivity contribution in [2.24, 2.45) is 11.3 Å². The molecular formula is C13H22N2O2. The lowest BCUT2D eigenvalue weighted by molar-refractivity contribution is -0.150. The molecule has 2 aliphatic rings. The summed E-state index contributed by atoms with van der Waals surface area (Å²) in [5.74, 6) is 0.238. The molecular weight excluding hydrogens is 216 g/mol. The summed E-state index contributed by atoms with van der Waals surface area (Å²) in [6, 6.07) is -0.284. The van der Waals surface area contributed by atoms with E-state index in [1.165, 1.54) is 19.3 Å². The van der Waals surface area contributed by atoms with Crippen molar-refractivity contribution < 1.29 is 9.59 Å². The minimum absolute atomic E-state index is 0.00234. The molecule has 4 nitrogen and oxygen atoms in total. The van der Waals surface area contributed by atoms with Crippen LogP contribution in [0.25, 0.3) is 0 Å². The Kier molecular flexibility index (Phi) is 3.15. The summed E-state index contributed by atoms with van der Waals surface area (Å²) in [5.41, 5.74) is 0.237. The number of carbonyl (C=O) groups excluding carboxylic acids is 2. The SMILES string of the molecule is CC(C)C1C(=O)NCC(=O)N1CC1(C)CCC1. The Morgan fingerprint density at radius 2 is 2.06 bits per heavy atom. The van der Waals surface area contributed by atoms with Gasteiger partial charge >= 0.3 is 0 Å². The van der Waals surface area contributed by atoms with E-state index in [1.54, 1.807) is 0 Å². The van der Waals surface area contributed by atoms with E-state index in [2.05, 4.69) is 12.2 Å². The van der Waals surface area contributed by atoms with Crippen LogP contribution >= 0.6 is 0 Å². The van der Waals surface area contributed by atoms with Crippen LogP contribution < -0.4 is 5.32 Å². The van der Waals surface area contributed by atoms with Crippen molar-refractivity contribution in [3.63, 3.8) is 0 Å². The van der Waals surface area contributed by atoms with Gasteiger partial charge in [0.25, 0.3) is 0 Å². The third-order valence-corrected chi connectivity index (χ3v) is 4.08. The van der Waals surface area contributed by atoms with Gasteiger partial charge in [0, 0.05) is 6.54 Å². The van der Waals surface area contributed by atoms with E-state index < -0.39 is 0 Å². The zero-order chi connectivity index (χ0) is 12.6. The van der Waals surface area contributed by atoms with Gasteiger partial charge in [0.15, 0.2) is 0 Å². The molecule has 2 amide bonds. The molecule has 0 radical (unpaired) electrons. The number of hydrogen-bond donors (Lipinski definition) is 1. The molecule has 0 aromatic rings. The molecule has 1 N–H and O–H groups in total. The Morgan fingerprint density at radius 1 is 1.41 bits per heavy atom. The molecule has 0 aromatic heterocycles. The van der Waals surface area contributed by atoms with Crippen molar-refractivity contribution in [3.05, 3.63) is 0 Å². The number of hydrogen-bond acceptors (Lipinski definition) is 2. The Balaban J connectivity index is 2.13. The summed E-state index contributed by atoms with van der Waals surface area (Å²) in [6.07, 6.45) is 3.59. The highest BCUT2D eigenvalue weighted by Gasteiger charge is 2.42. The van der Waals surface area contributed by atoms with E-state index in [0.717, 1.165) is 6.54 Å². The van der Waals surface area contributed by atoms with Crippen LogP contribution in [0.5, 0.6) is 0 Å². The van der Waals surface area contributed by atoms with Gasteiger partial charge < -0.3 is 10.2 Å². The van der Waals surface area contributed by atoms with Crippen LogP contribution in [0.15, 0.2) is 0 Å². The molecule has 2 rings (SSSR count). The zero-order valence-electron chi connectivity index (χ0n) is 11.0. The molecule has 1 atom stereocenters. The number of carbonyl (C=O) groups is 2. The molecule has 17 heavy (non-hydrogen) atoms. The van der Waals surface area contributed by atoms with Crippen LogP contribution in [0.2, 0.25) is 0 Å². The third-order valence-electron chi connectivity index (χ3n) is 4.08. The maximum absolute atomic E-state index is 12.0. The first-order chi connectivity index (χ1) is 7.93. The lowest BCUT2D eigenvalue weighted by Crippen LogP contribution is -2.62. The molecule has 1 aliphatic heterocycles. The minimum Gasteiger partial charge on any atom is -0.345 e. The maximum Gasteiger partial charge on any atom is 0.243 e. The molecule has 1 saturated heterocycles. The van der Waals surface area contributed by atoms with E-state index in [9.17, 15) is 9.59 Å². The first kappa shape index (κ1) is 12.4. The molecule has 0 bridgehead atoms. The summed E-state index contributed by atoms with van der Waals surface area (Å²) < 4.78 is 0. The first-order valence-electron chi connectivity index (χ1n) is 6.50. The second-order valence-corrected chi connectivity index (χ2v) is 6.09. The number of rotatable bonds is 3. The predicted octanol–water partition coefficient (Wildman–Crippen LogP) is 1.16. The highest BCUT2D eigenvalue weighted by molar-refractivity contribution is 5.95. The van der Waals surface area contributed by atoms with Crippen LogP contribution in [0, 0.1) is 11.3 Å². The lowest BCUT2D eigenvalue weighted by atomic mass is 9.70. The summed E-state index contributed by atoms with van der Waals surface area (Å²) in [4.78, 5) is 25.7. The second kappa shape index (κ2) is 4.31. The second-order valence-electron chi connectivity index (χ2n) is 6.09. The summed E-state index contributed by atoms with van der Waals surface area (Å²) in [7, 11) is 0. The molecule has 0 aromatic carbocycles. The van der Waals surface area contributed by atoms with E-state index in [4.69, 9.17) is 0 Å². The molecule has 1 unspecified atom stereocenters. The quantitative estimate of drug-likeness (QED) is 0.802. The maximum atomic E-state index is 12.0. The molecule has 4 heteroatoms. The third kappa shape index (κ3) is 2.31. The van der Waals surface area contributed by atoms with Crippen molar-refractivity contribution in [3.8, 4) is 0 Å². The van der Waals surface area contributed by atoms with Crippen molar-refractivity contribution in [1.29, 1.82) is 0 Å². The fraction of sp³-hybridized carbons (Fsp3) is 0.846. The van der Waals surface area contributed by atoms with Crippen LogP contribution in [0.3, 0.4) is 0 Å². The predicted molar refractivity (Wildman–Crippen MR) is 65.3 cm³/mol. The van der Waals surface area contributed by atoms with E-state index in [0.29, 0.717) is 0 Å². The van der Waals surface area contributed by atoms with Gasteiger partial charge in [0.05, 0.1) is 6.54 Å². The lowest BCUT2D eigenvalue weighted by Gasteiger charge is -2.46. The molecule has 96 valence electrons. The van der Waals surface area contributed by atoms with Gasteiger partial charge in [0.1, 0.15) is 6.04 Å². The molecule has 0 spiro atoms. The van der Waals surface area contributed by atoms with Crippen molar-refractivity contribution in [2.75, 3.05) is 13.1 Å². The zero-order valence-corrected chi connectivity index (χ0v) is 11.0. The summed E-state index contributed by atoms with van der Waals surface area (Å²) in [6.45, 7) is 7.12. The fourth-order valence-corrected chi connectivity index (χ4v) is 2.86. The smallest absolute Gasteiger partial charge is 0.243 e. The van der Waals surface area contributed by atoms with Crippen LogP contribution in [-0.2, 0) is 9.59 Å². The van der Waals surface area contributed by atoms with Crippen LogP contribution in [0.4, 0.5) is 0 Å². The monoisotopic (exact) mass is 238 g/mol. The van der Waals surface area contributed by atoms with Crippen molar-refractivity contribution in [2.45, 2.75) is 46.1 Å². The van der Waals surface area contributed by atoms with Gasteiger partial charge in [-0.3, -0.25) is 9.59 Å². The summed E-state index contributed by atoms with van der Waals surface area (Å²) in [5, 5.41) is 2.68. The van der Waals surface area contributed by atoms with Gasteiger partial charge in [-0.2, -0.15) is 0 Å². The van der Waals surface area contributed by atoms with Crippen LogP contribution in [-0.4, -0.2) is 35.8 Å². The van der Waals surface area contributed by atoms with Crippen molar-refractivity contribution >= 4 is 11.8 Å². The standard InChI is InChI=1S/C13H22N2O2/c1-9(2)11-12(17)14-7-10(16)15(11)8-13(3)5-4-6-13/h9,11H,4-8H2,1-3H3,(H,14,17). The van der Waals surface area contributed by atoms with Gasteiger partial charge in [-0.25, -0.2) is 0 Å². The average molecular weight is 238 g/mol. The van der Waals surface area contributed by atoms with Gasteiger partial charge in [-0.15, -0.1) is 0 Å². The Morgan fingerprint density at radius 3 is 2.53 bits per heavy atom.